The van der Waals surface area contributed by atoms with Crippen LogP contribution in [0.25, 0.3) is 54.1 Å². The molecule has 1 aromatic heterocycles. The van der Waals surface area contributed by atoms with Crippen molar-refractivity contribution in [1.82, 2.24) is 0 Å². The minimum Gasteiger partial charge on any atom is -0.308 e. The molecule has 0 saturated carbocycles. The van der Waals surface area contributed by atoms with Gasteiger partial charge in [0.05, 0.1) is 21.8 Å². The summed E-state index contributed by atoms with van der Waals surface area (Å²) >= 11 is 1.89. The van der Waals surface area contributed by atoms with E-state index in [0.717, 1.165) is 12.8 Å². The van der Waals surface area contributed by atoms with Crippen molar-refractivity contribution in [3.63, 3.8) is 0 Å². The van der Waals surface area contributed by atoms with E-state index in [1.54, 1.807) is 0 Å². The van der Waals surface area contributed by atoms with Crippen molar-refractivity contribution in [2.75, 3.05) is 4.90 Å². The average molecular weight is 688 g/mol. The highest BCUT2D eigenvalue weighted by atomic mass is 32.1. The van der Waals surface area contributed by atoms with Crippen LogP contribution in [0.2, 0.25) is 0 Å². The molecule has 0 N–H and O–H groups in total. The van der Waals surface area contributed by atoms with Gasteiger partial charge >= 0.3 is 0 Å². The predicted molar refractivity (Wildman–Crippen MR) is 225 cm³/mol. The largest absolute Gasteiger partial charge is 0.308 e. The van der Waals surface area contributed by atoms with Gasteiger partial charge in [-0.1, -0.05) is 166 Å². The number of rotatable bonds is 6. The second-order valence-electron chi connectivity index (χ2n) is 14.8. The Bertz CT molecular complexity index is 2710. The second kappa shape index (κ2) is 13.1. The Hall–Kier alpha value is -5.70. The number of hydrogen-bond donors (Lipinski definition) is 0. The first-order chi connectivity index (χ1) is 25.5. The molecule has 0 atom stereocenters. The van der Waals surface area contributed by atoms with E-state index >= 15 is 0 Å². The summed E-state index contributed by atoms with van der Waals surface area (Å²) in [5.41, 5.74) is 12.5. The van der Waals surface area contributed by atoms with Gasteiger partial charge in [-0.15, -0.1) is 11.3 Å². The first-order valence-electron chi connectivity index (χ1n) is 18.3. The number of nitrogens with zero attached hydrogens (tertiary/aromatic N) is 1. The van der Waals surface area contributed by atoms with Crippen molar-refractivity contribution < 1.29 is 0 Å². The van der Waals surface area contributed by atoms with Crippen molar-refractivity contribution >= 4 is 60.2 Å². The standard InChI is InChI=1S/C50H41NS/c1-50(2,3)37-31-32-38(34-17-6-4-7-18-34)46(33-37)51(45-29-16-27-43-41-24-11-13-30-47(41)52-49(43)45)44-28-12-10-23-40(44)42-26-15-22-36-21-14-25-39(48(36)42)35-19-8-5-9-20-35/h4-14,16-25,27-33H,15,26H2,1-3H3. The number of thiophene rings is 1. The van der Waals surface area contributed by atoms with E-state index in [-0.39, 0.29) is 5.41 Å². The van der Waals surface area contributed by atoms with E-state index in [1.807, 2.05) is 11.3 Å². The van der Waals surface area contributed by atoms with Crippen LogP contribution in [0.4, 0.5) is 17.1 Å². The van der Waals surface area contributed by atoms with E-state index in [0.29, 0.717) is 0 Å². The molecular formula is C50H41NS. The van der Waals surface area contributed by atoms with Gasteiger partial charge in [-0.25, -0.2) is 0 Å². The minimum absolute atomic E-state index is 0.0315. The molecular weight excluding hydrogens is 647 g/mol. The van der Waals surface area contributed by atoms with Crippen LogP contribution in [0.5, 0.6) is 0 Å². The molecule has 252 valence electrons. The van der Waals surface area contributed by atoms with Crippen molar-refractivity contribution in [2.45, 2.75) is 39.0 Å². The van der Waals surface area contributed by atoms with Crippen LogP contribution in [-0.4, -0.2) is 0 Å². The lowest BCUT2D eigenvalue weighted by atomic mass is 9.85. The fraction of sp³-hybridized carbons (Fsp3) is 0.120. The third-order valence-corrected chi connectivity index (χ3v) is 11.7. The fourth-order valence-corrected chi connectivity index (χ4v) is 9.17. The highest BCUT2D eigenvalue weighted by molar-refractivity contribution is 7.26. The molecule has 0 unspecified atom stereocenters. The van der Waals surface area contributed by atoms with Crippen LogP contribution in [0.15, 0.2) is 164 Å². The summed E-state index contributed by atoms with van der Waals surface area (Å²) in [7, 11) is 0. The van der Waals surface area contributed by atoms with Crippen molar-refractivity contribution in [3.8, 4) is 22.3 Å². The van der Waals surface area contributed by atoms with Gasteiger partial charge in [-0.05, 0) is 80.8 Å². The summed E-state index contributed by atoms with van der Waals surface area (Å²) in [6.45, 7) is 6.95. The Morgan fingerprint density at radius 3 is 1.94 bits per heavy atom. The number of anilines is 3. The van der Waals surface area contributed by atoms with Gasteiger partial charge in [0, 0.05) is 26.6 Å². The van der Waals surface area contributed by atoms with Crippen molar-refractivity contribution in [2.24, 2.45) is 0 Å². The Kier molecular flexibility index (Phi) is 8.13. The molecule has 8 aromatic rings. The lowest BCUT2D eigenvalue weighted by Crippen LogP contribution is -2.32. The van der Waals surface area contributed by atoms with Crippen LogP contribution in [0.3, 0.4) is 0 Å². The molecule has 1 nitrogen and oxygen atoms in total. The zero-order chi connectivity index (χ0) is 35.2. The quantitative estimate of drug-likeness (QED) is 0.168. The third-order valence-electron chi connectivity index (χ3n) is 10.5. The molecule has 0 bridgehead atoms. The van der Waals surface area contributed by atoms with Gasteiger partial charge in [0.15, 0.2) is 0 Å². The van der Waals surface area contributed by atoms with E-state index in [9.17, 15) is 0 Å². The molecule has 0 aliphatic heterocycles. The highest BCUT2D eigenvalue weighted by Gasteiger charge is 2.26. The third kappa shape index (κ3) is 5.64. The van der Waals surface area contributed by atoms with E-state index < -0.39 is 0 Å². The van der Waals surface area contributed by atoms with Crippen LogP contribution < -0.4 is 15.3 Å². The Morgan fingerprint density at radius 1 is 0.519 bits per heavy atom. The van der Waals surface area contributed by atoms with Gasteiger partial charge < -0.3 is 4.90 Å². The smallest absolute Gasteiger partial charge is 0.0640 e. The summed E-state index contributed by atoms with van der Waals surface area (Å²) in [4.78, 5) is 2.58. The first-order valence-corrected chi connectivity index (χ1v) is 19.1. The molecule has 1 heterocycles. The van der Waals surface area contributed by atoms with Gasteiger partial charge in [0.1, 0.15) is 0 Å². The number of para-hydroxylation sites is 1. The number of benzene rings is 7. The minimum atomic E-state index is -0.0315. The molecule has 0 amide bonds. The fourth-order valence-electron chi connectivity index (χ4n) is 7.97. The summed E-state index contributed by atoms with van der Waals surface area (Å²) in [5, 5.41) is 5.27. The first kappa shape index (κ1) is 32.2. The van der Waals surface area contributed by atoms with Crippen molar-refractivity contribution in [1.29, 1.82) is 0 Å². The molecule has 52 heavy (non-hydrogen) atoms. The molecule has 0 spiro atoms. The zero-order valence-corrected chi connectivity index (χ0v) is 30.8. The molecule has 0 fully saturated rings. The summed E-state index contributed by atoms with van der Waals surface area (Å²) in [6, 6.07) is 60.5. The molecule has 1 aliphatic rings. The molecule has 7 aromatic carbocycles. The number of hydrogen-bond acceptors (Lipinski definition) is 2. The van der Waals surface area contributed by atoms with Gasteiger partial charge in [0.2, 0.25) is 0 Å². The van der Waals surface area contributed by atoms with E-state index in [2.05, 4.69) is 196 Å². The zero-order valence-electron chi connectivity index (χ0n) is 29.9. The summed E-state index contributed by atoms with van der Waals surface area (Å²) in [5.74, 6) is 0. The topological polar surface area (TPSA) is 3.24 Å². The maximum atomic E-state index is 2.58. The van der Waals surface area contributed by atoms with E-state index in [4.69, 9.17) is 0 Å². The van der Waals surface area contributed by atoms with Crippen molar-refractivity contribution in [3.05, 3.63) is 185 Å². The van der Waals surface area contributed by atoms with Gasteiger partial charge in [-0.2, -0.15) is 0 Å². The molecule has 0 saturated heterocycles. The van der Waals surface area contributed by atoms with Crippen LogP contribution in [-0.2, 0) is 5.41 Å². The Balaban J connectivity index is 1.41. The molecule has 0 radical (unpaired) electrons. The van der Waals surface area contributed by atoms with E-state index in [1.165, 1.54) is 86.6 Å². The van der Waals surface area contributed by atoms with Gasteiger partial charge in [0.25, 0.3) is 0 Å². The molecule has 9 rings (SSSR count). The monoisotopic (exact) mass is 687 g/mol. The Morgan fingerprint density at radius 2 is 1.15 bits per heavy atom. The molecule has 1 aliphatic carbocycles. The summed E-state index contributed by atoms with van der Waals surface area (Å²) in [6.07, 6.45) is 4.40. The summed E-state index contributed by atoms with van der Waals surface area (Å²) < 4.78 is 2.61. The van der Waals surface area contributed by atoms with Crippen LogP contribution >= 0.6 is 11.3 Å². The second-order valence-corrected chi connectivity index (χ2v) is 15.9. The van der Waals surface area contributed by atoms with Crippen LogP contribution in [0.1, 0.15) is 44.7 Å². The maximum absolute atomic E-state index is 2.58. The highest BCUT2D eigenvalue weighted by Crippen LogP contribution is 2.49. The number of fused-ring (bicyclic) bond motifs is 4. The lowest BCUT2D eigenvalue weighted by Gasteiger charge is -2.32. The maximum Gasteiger partial charge on any atom is 0.0640 e. The van der Waals surface area contributed by atoms with Gasteiger partial charge in [-0.3, -0.25) is 0 Å². The Labute approximate surface area is 310 Å². The average Bonchev–Trinajstić information content (AvgIpc) is 3.58. The SMILES string of the molecule is CC(C)(C)c1ccc(-c2ccccc2)c(N(c2ccccc2C2=c3c(-c4ccccc4)cccc3=CCC2)c2cccc3c2sc2ccccc23)c1. The normalized spacial score (nSPS) is 12.9. The lowest BCUT2D eigenvalue weighted by molar-refractivity contribution is 0.590. The molecule has 2 heteroatoms. The predicted octanol–water partition coefficient (Wildman–Crippen LogP) is 12.9. The van der Waals surface area contributed by atoms with Crippen LogP contribution in [0, 0.1) is 0 Å².